The number of carbonyl (C=O) groups excluding carboxylic acids is 2. The molecule has 6 nitrogen and oxygen atoms in total. The van der Waals surface area contributed by atoms with Gasteiger partial charge in [-0.2, -0.15) is 0 Å². The molecule has 3 heterocycles. The summed E-state index contributed by atoms with van der Waals surface area (Å²) in [5, 5.41) is 0. The lowest BCUT2D eigenvalue weighted by Crippen LogP contribution is -2.49. The lowest BCUT2D eigenvalue weighted by Gasteiger charge is -2.42. The normalized spacial score (nSPS) is 21.9. The third kappa shape index (κ3) is 5.47. The van der Waals surface area contributed by atoms with Crippen LogP contribution in [0.3, 0.4) is 0 Å². The van der Waals surface area contributed by atoms with E-state index in [-0.39, 0.29) is 18.0 Å². The number of thioether (sulfide) groups is 1. The molecule has 0 radical (unpaired) electrons. The van der Waals surface area contributed by atoms with Gasteiger partial charge in [0.05, 0.1) is 23.9 Å². The minimum Gasteiger partial charge on any atom is -0.466 e. The van der Waals surface area contributed by atoms with Crippen molar-refractivity contribution in [3.8, 4) is 0 Å². The molecule has 0 spiro atoms. The second kappa shape index (κ2) is 10.3. The van der Waals surface area contributed by atoms with Gasteiger partial charge in [-0.1, -0.05) is 0 Å². The van der Waals surface area contributed by atoms with Crippen LogP contribution in [0.15, 0.2) is 29.4 Å². The zero-order chi connectivity index (χ0) is 19.8. The number of carbonyl (C=O) groups is 2. The number of rotatable bonds is 7. The first kappa shape index (κ1) is 21.1. The summed E-state index contributed by atoms with van der Waals surface area (Å²) >= 11 is 1.52. The van der Waals surface area contributed by atoms with Crippen molar-refractivity contribution >= 4 is 23.6 Å². The van der Waals surface area contributed by atoms with Gasteiger partial charge in [0.15, 0.2) is 0 Å². The van der Waals surface area contributed by atoms with Crippen molar-refractivity contribution in [3.05, 3.63) is 24.5 Å². The Balaban J connectivity index is 1.56. The molecule has 2 aliphatic rings. The highest BCUT2D eigenvalue weighted by atomic mass is 32.2. The highest BCUT2D eigenvalue weighted by molar-refractivity contribution is 8.00. The summed E-state index contributed by atoms with van der Waals surface area (Å²) in [5.41, 5.74) is -0.521. The number of amides is 1. The Bertz CT molecular complexity index is 641. The summed E-state index contributed by atoms with van der Waals surface area (Å²) in [4.78, 5) is 32.3. The van der Waals surface area contributed by atoms with Crippen molar-refractivity contribution in [2.24, 2.45) is 5.41 Å². The number of esters is 1. The van der Waals surface area contributed by atoms with Gasteiger partial charge in [-0.05, 0) is 57.6 Å². The maximum atomic E-state index is 12.8. The molecule has 2 aliphatic heterocycles. The number of likely N-dealkylation sites (tertiary alicyclic amines) is 1. The lowest BCUT2D eigenvalue weighted by atomic mass is 9.73. The highest BCUT2D eigenvalue weighted by Gasteiger charge is 2.45. The van der Waals surface area contributed by atoms with Gasteiger partial charge < -0.3 is 14.4 Å². The molecule has 1 aromatic rings. The molecule has 28 heavy (non-hydrogen) atoms. The van der Waals surface area contributed by atoms with Crippen molar-refractivity contribution in [1.29, 1.82) is 0 Å². The zero-order valence-corrected chi connectivity index (χ0v) is 17.4. The van der Waals surface area contributed by atoms with E-state index in [2.05, 4.69) is 4.98 Å². The Hall–Kier alpha value is -1.60. The van der Waals surface area contributed by atoms with Gasteiger partial charge in [0.25, 0.3) is 0 Å². The molecule has 3 rings (SSSR count). The molecule has 1 amide bonds. The predicted molar refractivity (Wildman–Crippen MR) is 108 cm³/mol. The van der Waals surface area contributed by atoms with Crippen LogP contribution >= 0.6 is 11.8 Å². The van der Waals surface area contributed by atoms with Gasteiger partial charge in [-0.3, -0.25) is 14.6 Å². The molecule has 154 valence electrons. The minimum atomic E-state index is -0.521. The standard InChI is InChI=1S/C21H30N2O4S/c1-2-26-20(25)21(15-17-5-3-4-14-27-17)8-12-23(13-9-21)19(24)16-28-18-6-10-22-11-7-18/h6-7,10-11,17H,2-5,8-9,12-16H2,1H3/t17-/m0/s1. The minimum absolute atomic E-state index is 0.119. The number of nitrogens with zero attached hydrogens (tertiary/aromatic N) is 2. The summed E-state index contributed by atoms with van der Waals surface area (Å²) in [6, 6.07) is 3.81. The number of pyridine rings is 1. The van der Waals surface area contributed by atoms with Crippen LogP contribution in [0.2, 0.25) is 0 Å². The van der Waals surface area contributed by atoms with Crippen molar-refractivity contribution in [1.82, 2.24) is 9.88 Å². The van der Waals surface area contributed by atoms with Crippen LogP contribution in [-0.4, -0.2) is 59.9 Å². The van der Waals surface area contributed by atoms with Gasteiger partial charge in [-0.15, -0.1) is 11.8 Å². The van der Waals surface area contributed by atoms with Crippen LogP contribution in [0.1, 0.15) is 45.4 Å². The molecule has 7 heteroatoms. The van der Waals surface area contributed by atoms with Gasteiger partial charge in [-0.25, -0.2) is 0 Å². The van der Waals surface area contributed by atoms with Gasteiger partial charge in [0, 0.05) is 37.0 Å². The van der Waals surface area contributed by atoms with E-state index in [1.165, 1.54) is 11.8 Å². The smallest absolute Gasteiger partial charge is 0.312 e. The first-order valence-corrected chi connectivity index (χ1v) is 11.2. The molecule has 0 bridgehead atoms. The van der Waals surface area contributed by atoms with Crippen LogP contribution < -0.4 is 0 Å². The number of ether oxygens (including phenoxy) is 2. The fraction of sp³-hybridized carbons (Fsp3) is 0.667. The molecular formula is C21H30N2O4S. The molecule has 0 saturated carbocycles. The van der Waals surface area contributed by atoms with Crippen molar-refractivity contribution < 1.29 is 19.1 Å². The van der Waals surface area contributed by atoms with Gasteiger partial charge in [0.2, 0.25) is 5.91 Å². The topological polar surface area (TPSA) is 68.7 Å². The molecule has 0 unspecified atom stereocenters. The fourth-order valence-electron chi connectivity index (χ4n) is 4.03. The van der Waals surface area contributed by atoms with Crippen molar-refractivity contribution in [2.75, 3.05) is 32.1 Å². The number of hydrogen-bond donors (Lipinski definition) is 0. The average Bonchev–Trinajstić information content (AvgIpc) is 2.74. The Morgan fingerprint density at radius 3 is 2.68 bits per heavy atom. The second-order valence-electron chi connectivity index (χ2n) is 7.55. The SMILES string of the molecule is CCOC(=O)C1(C[C@@H]2CCCCO2)CCN(C(=O)CSc2ccncc2)CC1. The van der Waals surface area contributed by atoms with Crippen LogP contribution in [0, 0.1) is 5.41 Å². The molecule has 0 aliphatic carbocycles. The van der Waals surface area contributed by atoms with E-state index >= 15 is 0 Å². The summed E-state index contributed by atoms with van der Waals surface area (Å²) in [6.07, 6.45) is 8.85. The summed E-state index contributed by atoms with van der Waals surface area (Å²) in [7, 11) is 0. The maximum Gasteiger partial charge on any atom is 0.312 e. The Morgan fingerprint density at radius 1 is 1.29 bits per heavy atom. The van der Waals surface area contributed by atoms with Crippen molar-refractivity contribution in [3.63, 3.8) is 0 Å². The molecule has 0 aromatic carbocycles. The van der Waals surface area contributed by atoms with Gasteiger partial charge in [0.1, 0.15) is 0 Å². The van der Waals surface area contributed by atoms with E-state index in [0.717, 1.165) is 30.8 Å². The predicted octanol–water partition coefficient (Wildman–Crippen LogP) is 3.30. The summed E-state index contributed by atoms with van der Waals surface area (Å²) < 4.78 is 11.3. The van der Waals surface area contributed by atoms with Crippen LogP contribution in [0.25, 0.3) is 0 Å². The third-order valence-corrected chi connectivity index (χ3v) is 6.68. The molecule has 1 aromatic heterocycles. The number of hydrogen-bond acceptors (Lipinski definition) is 6. The van der Waals surface area contributed by atoms with E-state index in [9.17, 15) is 9.59 Å². The van der Waals surface area contributed by atoms with Crippen LogP contribution in [-0.2, 0) is 19.1 Å². The monoisotopic (exact) mass is 406 g/mol. The summed E-state index contributed by atoms with van der Waals surface area (Å²) in [5.74, 6) is 0.401. The quantitative estimate of drug-likeness (QED) is 0.511. The van der Waals surface area contributed by atoms with Gasteiger partial charge >= 0.3 is 5.97 Å². The van der Waals surface area contributed by atoms with E-state index in [0.29, 0.717) is 44.7 Å². The molecule has 0 N–H and O–H groups in total. The Kier molecular flexibility index (Phi) is 7.73. The maximum absolute atomic E-state index is 12.8. The Labute approximate surface area is 171 Å². The first-order valence-electron chi connectivity index (χ1n) is 10.2. The molecular weight excluding hydrogens is 376 g/mol. The van der Waals surface area contributed by atoms with Crippen LogP contribution in [0.5, 0.6) is 0 Å². The average molecular weight is 407 g/mol. The van der Waals surface area contributed by atoms with E-state index in [4.69, 9.17) is 9.47 Å². The van der Waals surface area contributed by atoms with Crippen molar-refractivity contribution in [2.45, 2.75) is 56.4 Å². The van der Waals surface area contributed by atoms with E-state index < -0.39 is 5.41 Å². The zero-order valence-electron chi connectivity index (χ0n) is 16.6. The lowest BCUT2D eigenvalue weighted by molar-refractivity contribution is -0.164. The summed E-state index contributed by atoms with van der Waals surface area (Å²) in [6.45, 7) is 4.21. The third-order valence-electron chi connectivity index (χ3n) is 5.69. The largest absolute Gasteiger partial charge is 0.466 e. The van der Waals surface area contributed by atoms with E-state index in [1.807, 2.05) is 24.0 Å². The number of aromatic nitrogens is 1. The number of piperidine rings is 1. The Morgan fingerprint density at radius 2 is 2.04 bits per heavy atom. The second-order valence-corrected chi connectivity index (χ2v) is 8.59. The molecule has 2 saturated heterocycles. The fourth-order valence-corrected chi connectivity index (χ4v) is 4.82. The highest BCUT2D eigenvalue weighted by Crippen LogP contribution is 2.40. The first-order chi connectivity index (χ1) is 13.6. The molecule has 2 fully saturated rings. The molecule has 1 atom stereocenters. The van der Waals surface area contributed by atoms with E-state index in [1.54, 1.807) is 12.4 Å². The van der Waals surface area contributed by atoms with Crippen LogP contribution in [0.4, 0.5) is 0 Å².